The fraction of sp³-hybridized carbons (Fsp3) is 0.400. The molecule has 1 amide bonds. The van der Waals surface area contributed by atoms with Crippen LogP contribution in [0.2, 0.25) is 0 Å². The largest absolute Gasteiger partial charge is 0.478 e. The molecule has 0 aromatic heterocycles. The number of carboxylic acid groups (broad SMARTS) is 1. The summed E-state index contributed by atoms with van der Waals surface area (Å²) in [4.78, 5) is 33.4. The Hall–Kier alpha value is -2.37. The van der Waals surface area contributed by atoms with Crippen molar-refractivity contribution in [2.24, 2.45) is 0 Å². The van der Waals surface area contributed by atoms with Gasteiger partial charge in [0.1, 0.15) is 0 Å². The number of aromatic carboxylic acids is 1. The third-order valence-electron chi connectivity index (χ3n) is 2.77. The zero-order chi connectivity index (χ0) is 15.7. The Bertz CT molecular complexity index is 513. The molecule has 1 rings (SSSR count). The van der Waals surface area contributed by atoms with Crippen LogP contribution in [0.5, 0.6) is 0 Å². The Morgan fingerprint density at radius 1 is 1.24 bits per heavy atom. The van der Waals surface area contributed by atoms with Gasteiger partial charge in [-0.3, -0.25) is 9.59 Å². The fourth-order valence-electron chi connectivity index (χ4n) is 1.74. The molecular weight excluding hydrogens is 274 g/mol. The molecule has 0 bridgehead atoms. The zero-order valence-corrected chi connectivity index (χ0v) is 11.9. The molecule has 0 aliphatic rings. The van der Waals surface area contributed by atoms with Gasteiger partial charge in [-0.1, -0.05) is 12.1 Å². The normalized spacial score (nSPS) is 9.95. The topological polar surface area (TPSA) is 92.7 Å². The van der Waals surface area contributed by atoms with Crippen LogP contribution in [-0.2, 0) is 20.7 Å². The van der Waals surface area contributed by atoms with Gasteiger partial charge in [0.05, 0.1) is 18.6 Å². The zero-order valence-electron chi connectivity index (χ0n) is 11.9. The lowest BCUT2D eigenvalue weighted by atomic mass is 10.1. The van der Waals surface area contributed by atoms with Gasteiger partial charge in [0.2, 0.25) is 5.91 Å². The summed E-state index contributed by atoms with van der Waals surface area (Å²) >= 11 is 0. The maximum atomic E-state index is 11.5. The summed E-state index contributed by atoms with van der Waals surface area (Å²) in [7, 11) is 0. The van der Waals surface area contributed by atoms with Gasteiger partial charge in [0.25, 0.3) is 0 Å². The molecule has 0 aliphatic carbocycles. The van der Waals surface area contributed by atoms with E-state index in [-0.39, 0.29) is 30.3 Å². The quantitative estimate of drug-likeness (QED) is 0.706. The van der Waals surface area contributed by atoms with Gasteiger partial charge in [0.15, 0.2) is 0 Å². The summed E-state index contributed by atoms with van der Waals surface area (Å²) in [5.41, 5.74) is 1.06. The second-order valence-corrected chi connectivity index (χ2v) is 4.41. The minimum absolute atomic E-state index is 0.0637. The summed E-state index contributed by atoms with van der Waals surface area (Å²) in [6.45, 7) is 2.41. The first kappa shape index (κ1) is 16.7. The standard InChI is InChI=1S/C15H19NO5/c1-2-21-14(18)7-6-13(17)16-9-8-11-4-3-5-12(10-11)15(19)20/h3-5,10H,2,6-9H2,1H3,(H,16,17)(H,19,20). The van der Waals surface area contributed by atoms with Crippen LogP contribution in [0, 0.1) is 0 Å². The Morgan fingerprint density at radius 3 is 2.67 bits per heavy atom. The number of rotatable bonds is 8. The Morgan fingerprint density at radius 2 is 2.00 bits per heavy atom. The molecular formula is C15H19NO5. The van der Waals surface area contributed by atoms with E-state index < -0.39 is 5.97 Å². The van der Waals surface area contributed by atoms with Gasteiger partial charge < -0.3 is 15.2 Å². The fourth-order valence-corrected chi connectivity index (χ4v) is 1.74. The summed E-state index contributed by atoms with van der Waals surface area (Å²) in [5, 5.41) is 11.6. The van der Waals surface area contributed by atoms with Crippen molar-refractivity contribution in [1.29, 1.82) is 0 Å². The molecule has 0 heterocycles. The van der Waals surface area contributed by atoms with Crippen molar-refractivity contribution < 1.29 is 24.2 Å². The Balaban J connectivity index is 2.30. The summed E-state index contributed by atoms with van der Waals surface area (Å²) in [6, 6.07) is 6.56. The van der Waals surface area contributed by atoms with Crippen molar-refractivity contribution in [2.45, 2.75) is 26.2 Å². The molecule has 0 fully saturated rings. The molecule has 21 heavy (non-hydrogen) atoms. The first-order valence-corrected chi connectivity index (χ1v) is 6.77. The van der Waals surface area contributed by atoms with Gasteiger partial charge in [-0.2, -0.15) is 0 Å². The first-order chi connectivity index (χ1) is 10.0. The van der Waals surface area contributed by atoms with Gasteiger partial charge in [0, 0.05) is 13.0 Å². The molecule has 0 aliphatic heterocycles. The maximum Gasteiger partial charge on any atom is 0.335 e. The molecule has 0 saturated carbocycles. The van der Waals surface area contributed by atoms with Gasteiger partial charge >= 0.3 is 11.9 Å². The van der Waals surface area contributed by atoms with E-state index in [0.29, 0.717) is 19.6 Å². The number of esters is 1. The lowest BCUT2D eigenvalue weighted by Crippen LogP contribution is -2.26. The van der Waals surface area contributed by atoms with E-state index in [1.807, 2.05) is 0 Å². The Labute approximate surface area is 123 Å². The van der Waals surface area contributed by atoms with E-state index >= 15 is 0 Å². The molecule has 0 radical (unpaired) electrons. The van der Waals surface area contributed by atoms with Gasteiger partial charge in [-0.25, -0.2) is 4.79 Å². The third-order valence-corrected chi connectivity index (χ3v) is 2.77. The number of carbonyl (C=O) groups excluding carboxylic acids is 2. The van der Waals surface area contributed by atoms with E-state index in [0.717, 1.165) is 5.56 Å². The van der Waals surface area contributed by atoms with Crippen LogP contribution in [0.3, 0.4) is 0 Å². The number of nitrogens with one attached hydrogen (secondary N) is 1. The lowest BCUT2D eigenvalue weighted by Gasteiger charge is -2.06. The van der Waals surface area contributed by atoms with Crippen molar-refractivity contribution in [3.8, 4) is 0 Å². The van der Waals surface area contributed by atoms with E-state index in [2.05, 4.69) is 5.32 Å². The lowest BCUT2D eigenvalue weighted by molar-refractivity contribution is -0.144. The van der Waals surface area contributed by atoms with Gasteiger partial charge in [-0.15, -0.1) is 0 Å². The Kier molecular flexibility index (Phi) is 6.94. The van der Waals surface area contributed by atoms with Crippen LogP contribution in [0.15, 0.2) is 24.3 Å². The monoisotopic (exact) mass is 293 g/mol. The smallest absolute Gasteiger partial charge is 0.335 e. The first-order valence-electron chi connectivity index (χ1n) is 6.77. The van der Waals surface area contributed by atoms with Crippen LogP contribution in [0.4, 0.5) is 0 Å². The van der Waals surface area contributed by atoms with E-state index in [4.69, 9.17) is 9.84 Å². The highest BCUT2D eigenvalue weighted by Crippen LogP contribution is 2.05. The van der Waals surface area contributed by atoms with Crippen LogP contribution in [-0.4, -0.2) is 36.1 Å². The highest BCUT2D eigenvalue weighted by atomic mass is 16.5. The van der Waals surface area contributed by atoms with Crippen molar-refractivity contribution in [3.63, 3.8) is 0 Å². The highest BCUT2D eigenvalue weighted by molar-refractivity contribution is 5.87. The van der Waals surface area contributed by atoms with Gasteiger partial charge in [-0.05, 0) is 31.0 Å². The second-order valence-electron chi connectivity index (χ2n) is 4.41. The van der Waals surface area contributed by atoms with E-state index in [1.165, 1.54) is 6.07 Å². The van der Waals surface area contributed by atoms with E-state index in [1.54, 1.807) is 25.1 Å². The molecule has 0 atom stereocenters. The number of amides is 1. The minimum Gasteiger partial charge on any atom is -0.478 e. The van der Waals surface area contributed by atoms with Crippen molar-refractivity contribution in [1.82, 2.24) is 5.32 Å². The number of ether oxygens (including phenoxy) is 1. The predicted molar refractivity (Wildman–Crippen MR) is 76.0 cm³/mol. The molecule has 6 heteroatoms. The third kappa shape index (κ3) is 6.56. The SMILES string of the molecule is CCOC(=O)CCC(=O)NCCc1cccc(C(=O)O)c1. The molecule has 0 saturated heterocycles. The number of hydrogen-bond acceptors (Lipinski definition) is 4. The number of benzene rings is 1. The second kappa shape index (κ2) is 8.73. The van der Waals surface area contributed by atoms with Crippen LogP contribution in [0.25, 0.3) is 0 Å². The number of carbonyl (C=O) groups is 3. The van der Waals surface area contributed by atoms with Crippen molar-refractivity contribution >= 4 is 17.8 Å². The maximum absolute atomic E-state index is 11.5. The molecule has 1 aromatic carbocycles. The van der Waals surface area contributed by atoms with Crippen molar-refractivity contribution in [2.75, 3.05) is 13.2 Å². The molecule has 0 unspecified atom stereocenters. The highest BCUT2D eigenvalue weighted by Gasteiger charge is 2.07. The van der Waals surface area contributed by atoms with Crippen LogP contribution >= 0.6 is 0 Å². The van der Waals surface area contributed by atoms with Crippen LogP contribution in [0.1, 0.15) is 35.7 Å². The average Bonchev–Trinajstić information content (AvgIpc) is 2.46. The summed E-state index contributed by atoms with van der Waals surface area (Å²) < 4.78 is 4.73. The summed E-state index contributed by atoms with van der Waals surface area (Å²) in [6.07, 6.45) is 0.689. The molecule has 114 valence electrons. The summed E-state index contributed by atoms with van der Waals surface area (Å²) in [5.74, 6) is -1.59. The van der Waals surface area contributed by atoms with Crippen molar-refractivity contribution in [3.05, 3.63) is 35.4 Å². The number of hydrogen-bond donors (Lipinski definition) is 2. The van der Waals surface area contributed by atoms with Crippen LogP contribution < -0.4 is 5.32 Å². The average molecular weight is 293 g/mol. The number of carboxylic acids is 1. The molecule has 6 nitrogen and oxygen atoms in total. The molecule has 2 N–H and O–H groups in total. The minimum atomic E-state index is -0.977. The predicted octanol–water partition coefficient (Wildman–Crippen LogP) is 1.39. The van der Waals surface area contributed by atoms with E-state index in [9.17, 15) is 14.4 Å². The molecule has 1 aromatic rings. The molecule has 0 spiro atoms.